The average molecular weight is 302 g/mol. The maximum Gasteiger partial charge on any atom is 0.418 e. The summed E-state index contributed by atoms with van der Waals surface area (Å²) in [6.07, 6.45) is -2.12. The minimum Gasteiger partial charge on any atom is -0.383 e. The van der Waals surface area contributed by atoms with Crippen molar-refractivity contribution in [3.63, 3.8) is 0 Å². The fraction of sp³-hybridized carbons (Fsp3) is 0.600. The Hall–Kier alpha value is -1.27. The maximum atomic E-state index is 13.2. The van der Waals surface area contributed by atoms with E-state index >= 15 is 0 Å². The lowest BCUT2D eigenvalue weighted by molar-refractivity contribution is -0.137. The van der Waals surface area contributed by atoms with Crippen molar-refractivity contribution in [1.29, 1.82) is 0 Å². The van der Waals surface area contributed by atoms with Crippen LogP contribution in [0.15, 0.2) is 18.2 Å². The van der Waals surface area contributed by atoms with Crippen LogP contribution in [0.2, 0.25) is 0 Å². The van der Waals surface area contributed by atoms with Gasteiger partial charge >= 0.3 is 6.18 Å². The zero-order valence-corrected chi connectivity index (χ0v) is 12.3. The standard InChI is InChI=1S/C15H21F3N2O/c1-20(7-8-21-2)14-6-3-11(10-19-12-4-5-12)9-13(14)15(16,17)18/h3,6,9,12,19H,4-5,7-8,10H2,1-2H3. The number of alkyl halides is 3. The number of rotatable bonds is 7. The Labute approximate surface area is 123 Å². The van der Waals surface area contributed by atoms with Crippen LogP contribution in [0, 0.1) is 0 Å². The fourth-order valence-electron chi connectivity index (χ4n) is 2.15. The van der Waals surface area contributed by atoms with Gasteiger partial charge in [-0.3, -0.25) is 0 Å². The molecule has 0 heterocycles. The molecule has 0 bridgehead atoms. The Kier molecular flexibility index (Phi) is 5.11. The fourth-order valence-corrected chi connectivity index (χ4v) is 2.15. The number of nitrogens with one attached hydrogen (secondary N) is 1. The van der Waals surface area contributed by atoms with Gasteiger partial charge in [0.25, 0.3) is 0 Å². The van der Waals surface area contributed by atoms with Crippen molar-refractivity contribution < 1.29 is 17.9 Å². The SMILES string of the molecule is COCCN(C)c1ccc(CNC2CC2)cc1C(F)(F)F. The summed E-state index contributed by atoms with van der Waals surface area (Å²) >= 11 is 0. The van der Waals surface area contributed by atoms with E-state index in [4.69, 9.17) is 4.74 Å². The van der Waals surface area contributed by atoms with E-state index in [1.165, 1.54) is 13.2 Å². The number of nitrogens with zero attached hydrogens (tertiary/aromatic N) is 1. The van der Waals surface area contributed by atoms with Gasteiger partial charge in [0.15, 0.2) is 0 Å². The van der Waals surface area contributed by atoms with E-state index in [2.05, 4.69) is 5.32 Å². The van der Waals surface area contributed by atoms with Gasteiger partial charge in [-0.25, -0.2) is 0 Å². The van der Waals surface area contributed by atoms with Crippen molar-refractivity contribution in [2.45, 2.75) is 31.6 Å². The topological polar surface area (TPSA) is 24.5 Å². The summed E-state index contributed by atoms with van der Waals surface area (Å²) in [5.74, 6) is 0. The predicted molar refractivity (Wildman–Crippen MR) is 76.5 cm³/mol. The molecule has 118 valence electrons. The first-order chi connectivity index (χ1) is 9.91. The molecule has 1 aromatic rings. The van der Waals surface area contributed by atoms with Crippen LogP contribution in [0.5, 0.6) is 0 Å². The molecule has 1 aliphatic carbocycles. The molecule has 1 saturated carbocycles. The first-order valence-electron chi connectivity index (χ1n) is 7.05. The van der Waals surface area contributed by atoms with Gasteiger partial charge in [0.1, 0.15) is 0 Å². The first-order valence-corrected chi connectivity index (χ1v) is 7.05. The Morgan fingerprint density at radius 1 is 1.33 bits per heavy atom. The minimum atomic E-state index is -4.35. The molecule has 0 unspecified atom stereocenters. The lowest BCUT2D eigenvalue weighted by atomic mass is 10.1. The molecule has 0 spiro atoms. The van der Waals surface area contributed by atoms with Crippen LogP contribution in [0.1, 0.15) is 24.0 Å². The summed E-state index contributed by atoms with van der Waals surface area (Å²) in [5.41, 5.74) is 0.268. The highest BCUT2D eigenvalue weighted by molar-refractivity contribution is 5.56. The first kappa shape index (κ1) is 16.1. The molecule has 1 fully saturated rings. The van der Waals surface area contributed by atoms with Crippen molar-refractivity contribution in [2.75, 3.05) is 32.2 Å². The van der Waals surface area contributed by atoms with Gasteiger partial charge in [-0.2, -0.15) is 13.2 Å². The van der Waals surface area contributed by atoms with Gasteiger partial charge in [-0.15, -0.1) is 0 Å². The number of hydrogen-bond donors (Lipinski definition) is 1. The van der Waals surface area contributed by atoms with Crippen LogP contribution < -0.4 is 10.2 Å². The molecular formula is C15H21F3N2O. The van der Waals surface area contributed by atoms with Gasteiger partial charge in [-0.1, -0.05) is 6.07 Å². The van der Waals surface area contributed by atoms with Crippen molar-refractivity contribution in [1.82, 2.24) is 5.32 Å². The second-order valence-corrected chi connectivity index (χ2v) is 5.42. The molecule has 0 atom stereocenters. The van der Waals surface area contributed by atoms with E-state index in [9.17, 15) is 13.2 Å². The van der Waals surface area contributed by atoms with Crippen LogP contribution in [0.25, 0.3) is 0 Å². The lowest BCUT2D eigenvalue weighted by Gasteiger charge is -2.24. The monoisotopic (exact) mass is 302 g/mol. The molecule has 1 aromatic carbocycles. The third-order valence-electron chi connectivity index (χ3n) is 3.58. The summed E-state index contributed by atoms with van der Waals surface area (Å²) in [7, 11) is 3.18. The van der Waals surface area contributed by atoms with E-state index in [1.54, 1.807) is 24.1 Å². The van der Waals surface area contributed by atoms with Crippen molar-refractivity contribution in [3.8, 4) is 0 Å². The molecule has 1 aliphatic rings. The predicted octanol–water partition coefficient (Wildman–Crippen LogP) is 3.04. The molecule has 0 saturated heterocycles. The van der Waals surface area contributed by atoms with Crippen molar-refractivity contribution in [3.05, 3.63) is 29.3 Å². The highest BCUT2D eigenvalue weighted by atomic mass is 19.4. The van der Waals surface area contributed by atoms with Crippen molar-refractivity contribution in [2.24, 2.45) is 0 Å². The van der Waals surface area contributed by atoms with Crippen LogP contribution in [0.4, 0.5) is 18.9 Å². The number of halogens is 3. The van der Waals surface area contributed by atoms with E-state index in [-0.39, 0.29) is 5.69 Å². The zero-order chi connectivity index (χ0) is 15.5. The number of anilines is 1. The Bertz CT molecular complexity index is 472. The Balaban J connectivity index is 2.17. The second kappa shape index (κ2) is 6.66. The van der Waals surface area contributed by atoms with Crippen LogP contribution in [-0.2, 0) is 17.5 Å². The van der Waals surface area contributed by atoms with Gasteiger partial charge in [-0.05, 0) is 30.5 Å². The van der Waals surface area contributed by atoms with E-state index < -0.39 is 11.7 Å². The van der Waals surface area contributed by atoms with Gasteiger partial charge in [0.2, 0.25) is 0 Å². The smallest absolute Gasteiger partial charge is 0.383 e. The van der Waals surface area contributed by atoms with Crippen LogP contribution in [0.3, 0.4) is 0 Å². The Morgan fingerprint density at radius 2 is 2.05 bits per heavy atom. The normalized spacial score (nSPS) is 15.3. The van der Waals surface area contributed by atoms with Gasteiger partial charge in [0.05, 0.1) is 12.2 Å². The molecule has 3 nitrogen and oxygen atoms in total. The summed E-state index contributed by atoms with van der Waals surface area (Å²) in [6.45, 7) is 1.29. The highest BCUT2D eigenvalue weighted by Crippen LogP contribution is 2.37. The largest absolute Gasteiger partial charge is 0.418 e. The second-order valence-electron chi connectivity index (χ2n) is 5.42. The van der Waals surface area contributed by atoms with Gasteiger partial charge in [0, 0.05) is 39.0 Å². The van der Waals surface area contributed by atoms with Crippen molar-refractivity contribution >= 4 is 5.69 Å². The summed E-state index contributed by atoms with van der Waals surface area (Å²) in [4.78, 5) is 1.57. The van der Waals surface area contributed by atoms with E-state index in [0.717, 1.165) is 12.8 Å². The number of likely N-dealkylation sites (N-methyl/N-ethyl adjacent to an activating group) is 1. The maximum absolute atomic E-state index is 13.2. The van der Waals surface area contributed by atoms with E-state index in [1.807, 2.05) is 0 Å². The number of ether oxygens (including phenoxy) is 1. The zero-order valence-electron chi connectivity index (χ0n) is 12.3. The van der Waals surface area contributed by atoms with Crippen LogP contribution >= 0.6 is 0 Å². The van der Waals surface area contributed by atoms with Crippen LogP contribution in [-0.4, -0.2) is 33.4 Å². The van der Waals surface area contributed by atoms with Gasteiger partial charge < -0.3 is 15.0 Å². The third kappa shape index (κ3) is 4.61. The summed E-state index contributed by atoms with van der Waals surface area (Å²) in [6, 6.07) is 5.02. The summed E-state index contributed by atoms with van der Waals surface area (Å²) in [5, 5.41) is 3.23. The molecule has 0 aliphatic heterocycles. The number of benzene rings is 1. The lowest BCUT2D eigenvalue weighted by Crippen LogP contribution is -2.25. The third-order valence-corrected chi connectivity index (χ3v) is 3.58. The molecule has 0 radical (unpaired) electrons. The molecule has 0 aromatic heterocycles. The molecular weight excluding hydrogens is 281 g/mol. The number of hydrogen-bond acceptors (Lipinski definition) is 3. The molecule has 21 heavy (non-hydrogen) atoms. The number of methoxy groups -OCH3 is 1. The summed E-state index contributed by atoms with van der Waals surface area (Å²) < 4.78 is 44.7. The molecule has 0 amide bonds. The molecule has 2 rings (SSSR count). The highest BCUT2D eigenvalue weighted by Gasteiger charge is 2.34. The minimum absolute atomic E-state index is 0.190. The molecule has 6 heteroatoms. The Morgan fingerprint density at radius 3 is 2.62 bits per heavy atom. The average Bonchev–Trinajstić information content (AvgIpc) is 3.25. The van der Waals surface area contributed by atoms with E-state index in [0.29, 0.717) is 31.3 Å². The quantitative estimate of drug-likeness (QED) is 0.838. The molecule has 1 N–H and O–H groups in total.